The van der Waals surface area contributed by atoms with Gasteiger partial charge in [0.15, 0.2) is 0 Å². The van der Waals surface area contributed by atoms with Gasteiger partial charge in [-0.3, -0.25) is 20.0 Å². The second kappa shape index (κ2) is 12.3. The van der Waals surface area contributed by atoms with Gasteiger partial charge in [0.05, 0.1) is 22.2 Å². The third-order valence-corrected chi connectivity index (χ3v) is 4.81. The fraction of sp³-hybridized carbons (Fsp3) is 0.714. The van der Waals surface area contributed by atoms with Crippen molar-refractivity contribution in [1.82, 2.24) is 10.6 Å². The van der Waals surface area contributed by atoms with Crippen molar-refractivity contribution in [1.29, 1.82) is 0 Å². The Hall–Kier alpha value is -0.669. The first-order chi connectivity index (χ1) is 15.0. The molecule has 0 aliphatic carbocycles. The fourth-order valence-electron chi connectivity index (χ4n) is 3.10. The number of nitrogens with one attached hydrogen (secondary N) is 2. The Morgan fingerprint density at radius 3 is 0.629 bits per heavy atom. The Labute approximate surface area is 255 Å². The number of hydrogen-bond donors (Lipinski definition) is 2. The van der Waals surface area contributed by atoms with Crippen molar-refractivity contribution in [3.63, 3.8) is 0 Å². The van der Waals surface area contributed by atoms with Crippen LogP contribution in [0.4, 0.5) is 0 Å². The molecule has 196 valence electrons. The molecule has 0 saturated carbocycles. The van der Waals surface area contributed by atoms with Gasteiger partial charge in [-0.1, -0.05) is 0 Å². The molecule has 0 radical (unpaired) electrons. The molecular formula is C28H52BaN6. The molecule has 0 fully saturated rings. The van der Waals surface area contributed by atoms with Crippen LogP contribution < -0.4 is 10.6 Å². The monoisotopic (exact) mass is 610 g/mol. The van der Waals surface area contributed by atoms with E-state index in [-0.39, 0.29) is 71.0 Å². The molecule has 0 bridgehead atoms. The minimum absolute atomic E-state index is 0. The molecular weight excluding hydrogens is 558 g/mol. The topological polar surface area (TPSA) is 73.5 Å². The van der Waals surface area contributed by atoms with Crippen LogP contribution in [0, 0.1) is 0 Å². The van der Waals surface area contributed by atoms with Crippen LogP contribution in [-0.2, 0) is 0 Å². The number of rotatable bonds is 0. The summed E-state index contributed by atoms with van der Waals surface area (Å²) in [7, 11) is 0. The Balaban J connectivity index is 0.000000642. The molecule has 0 unspecified atom stereocenters. The number of amidine groups is 4. The van der Waals surface area contributed by atoms with Gasteiger partial charge in [-0.2, -0.15) is 0 Å². The van der Waals surface area contributed by atoms with Gasteiger partial charge >= 0.3 is 48.9 Å². The normalized spacial score (nSPS) is 21.9. The molecule has 0 spiro atoms. The van der Waals surface area contributed by atoms with Gasteiger partial charge in [0.1, 0.15) is 23.3 Å². The molecule has 2 rings (SSSR count). The second-order valence-electron chi connectivity index (χ2n) is 13.3. The van der Waals surface area contributed by atoms with Crippen LogP contribution in [0.25, 0.3) is 0 Å². The molecule has 2 N–H and O–H groups in total. The Kier molecular flexibility index (Phi) is 12.0. The van der Waals surface area contributed by atoms with E-state index < -0.39 is 0 Å². The summed E-state index contributed by atoms with van der Waals surface area (Å²) >= 11 is 0. The van der Waals surface area contributed by atoms with E-state index in [1.807, 2.05) is 0 Å². The predicted octanol–water partition coefficient (Wildman–Crippen LogP) is 5.72. The molecule has 2 aliphatic heterocycles. The van der Waals surface area contributed by atoms with E-state index in [0.29, 0.717) is 0 Å². The third kappa shape index (κ3) is 12.4. The van der Waals surface area contributed by atoms with E-state index in [2.05, 4.69) is 141 Å². The summed E-state index contributed by atoms with van der Waals surface area (Å²) in [5, 5.41) is 6.66. The summed E-state index contributed by atoms with van der Waals surface area (Å²) in [5.74, 6) is 3.83. The molecule has 2 heterocycles. The van der Waals surface area contributed by atoms with Crippen LogP contribution in [0.5, 0.6) is 0 Å². The van der Waals surface area contributed by atoms with E-state index in [9.17, 15) is 0 Å². The Bertz CT molecular complexity index is 807. The zero-order valence-electron chi connectivity index (χ0n) is 24.8. The summed E-state index contributed by atoms with van der Waals surface area (Å²) in [4.78, 5) is 18.7. The van der Waals surface area contributed by atoms with Crippen LogP contribution in [0.1, 0.15) is 111 Å². The second-order valence-corrected chi connectivity index (χ2v) is 13.3. The number of aliphatic imine (C=N–C) groups is 4. The van der Waals surface area contributed by atoms with Crippen molar-refractivity contribution in [2.24, 2.45) is 20.0 Å². The van der Waals surface area contributed by atoms with Gasteiger partial charge in [-0.25, -0.2) is 0 Å². The van der Waals surface area contributed by atoms with Crippen LogP contribution >= 0.6 is 0 Å². The SMILES string of the molecule is CC1=C(C)C(=NC(C)(C)C)NC1=NC(C)(C)C.CC1=C(C)C(=NC(C)(C)C)NC1=NC(C)(C)C.[BaH2]. The molecule has 0 amide bonds. The molecule has 0 aromatic carbocycles. The Morgan fingerprint density at radius 2 is 0.514 bits per heavy atom. The predicted molar refractivity (Wildman–Crippen MR) is 160 cm³/mol. The molecule has 7 heteroatoms. The van der Waals surface area contributed by atoms with E-state index in [1.54, 1.807) is 0 Å². The zero-order chi connectivity index (χ0) is 26.9. The quantitative estimate of drug-likeness (QED) is 0.345. The van der Waals surface area contributed by atoms with Gasteiger partial charge in [-0.15, -0.1) is 0 Å². The third-order valence-electron chi connectivity index (χ3n) is 4.81. The first-order valence-corrected chi connectivity index (χ1v) is 12.3. The molecule has 0 saturated heterocycles. The van der Waals surface area contributed by atoms with E-state index in [0.717, 1.165) is 23.3 Å². The Morgan fingerprint density at radius 1 is 0.371 bits per heavy atom. The summed E-state index contributed by atoms with van der Waals surface area (Å²) < 4.78 is 0. The van der Waals surface area contributed by atoms with E-state index in [4.69, 9.17) is 0 Å². The average molecular weight is 610 g/mol. The summed E-state index contributed by atoms with van der Waals surface area (Å²) in [6.45, 7) is 33.6. The molecule has 6 nitrogen and oxygen atoms in total. The molecule has 2 aliphatic rings. The maximum atomic E-state index is 4.69. The van der Waals surface area contributed by atoms with E-state index >= 15 is 0 Å². The van der Waals surface area contributed by atoms with Gasteiger partial charge in [0.2, 0.25) is 0 Å². The van der Waals surface area contributed by atoms with Gasteiger partial charge in [0, 0.05) is 0 Å². The molecule has 35 heavy (non-hydrogen) atoms. The standard InChI is InChI=1S/2C14H25N3.Ba.2H/c2*1-9-10(2)12(17-14(6,7)8)15-11(9)16-13(3,4)5;;;/h2*1-8H3,(H,15,16,17);;;. The fourth-order valence-corrected chi connectivity index (χ4v) is 3.10. The van der Waals surface area contributed by atoms with Gasteiger partial charge in [0.25, 0.3) is 0 Å². The van der Waals surface area contributed by atoms with Crippen LogP contribution in [-0.4, -0.2) is 94.4 Å². The van der Waals surface area contributed by atoms with Gasteiger partial charge in [-0.05, 0) is 133 Å². The van der Waals surface area contributed by atoms with Crippen LogP contribution in [0.3, 0.4) is 0 Å². The summed E-state index contributed by atoms with van der Waals surface area (Å²) in [6, 6.07) is 0. The number of nitrogens with zero attached hydrogens (tertiary/aromatic N) is 4. The van der Waals surface area contributed by atoms with E-state index in [1.165, 1.54) is 22.3 Å². The van der Waals surface area contributed by atoms with Crippen molar-refractivity contribution in [3.8, 4) is 0 Å². The number of hydrogen-bond acceptors (Lipinski definition) is 4. The molecule has 0 aromatic heterocycles. The first kappa shape index (κ1) is 34.3. The van der Waals surface area contributed by atoms with Crippen LogP contribution in [0.15, 0.2) is 42.3 Å². The maximum absolute atomic E-state index is 4.69. The van der Waals surface area contributed by atoms with Crippen LogP contribution in [0.2, 0.25) is 0 Å². The zero-order valence-corrected chi connectivity index (χ0v) is 24.8. The molecule has 0 atom stereocenters. The summed E-state index contributed by atoms with van der Waals surface area (Å²) in [6.07, 6.45) is 0. The van der Waals surface area contributed by atoms with Crippen molar-refractivity contribution >= 4 is 72.2 Å². The average Bonchev–Trinajstić information content (AvgIpc) is 2.95. The molecule has 0 aromatic rings. The van der Waals surface area contributed by atoms with Gasteiger partial charge < -0.3 is 10.6 Å². The van der Waals surface area contributed by atoms with Crippen molar-refractivity contribution in [3.05, 3.63) is 22.3 Å². The summed E-state index contributed by atoms with van der Waals surface area (Å²) in [5.41, 5.74) is 4.52. The minimum atomic E-state index is -0.0684. The van der Waals surface area contributed by atoms with Crippen molar-refractivity contribution in [2.75, 3.05) is 0 Å². The van der Waals surface area contributed by atoms with Crippen molar-refractivity contribution < 1.29 is 0 Å². The first-order valence-electron chi connectivity index (χ1n) is 12.3. The van der Waals surface area contributed by atoms with Crippen molar-refractivity contribution in [2.45, 2.75) is 133 Å².